The van der Waals surface area contributed by atoms with Gasteiger partial charge in [0.2, 0.25) is 0 Å². The highest BCUT2D eigenvalue weighted by atomic mass is 32.2. The van der Waals surface area contributed by atoms with Crippen molar-refractivity contribution in [2.75, 3.05) is 20.1 Å². The Balaban J connectivity index is 0.000000858. The first-order valence-electron chi connectivity index (χ1n) is 10.5. The van der Waals surface area contributed by atoms with E-state index >= 15 is 0 Å². The van der Waals surface area contributed by atoms with Crippen molar-refractivity contribution in [1.82, 2.24) is 19.7 Å². The average molecular weight is 443 g/mol. The molecule has 7 nitrogen and oxygen atoms in total. The first-order chi connectivity index (χ1) is 14.9. The maximum atomic E-state index is 12.0. The summed E-state index contributed by atoms with van der Waals surface area (Å²) < 4.78 is 11.5. The molecule has 2 fully saturated rings. The van der Waals surface area contributed by atoms with Crippen molar-refractivity contribution in [1.29, 1.82) is 0 Å². The number of urea groups is 1. The Morgan fingerprint density at radius 1 is 1.42 bits per heavy atom. The summed E-state index contributed by atoms with van der Waals surface area (Å²) in [5, 5.41) is 6.30. The number of rotatable bonds is 7. The molecule has 1 spiro atoms. The summed E-state index contributed by atoms with van der Waals surface area (Å²) >= 11 is 1.58. The Hall–Kier alpha value is -2.47. The fraction of sp³-hybridized carbons (Fsp3) is 0.478. The zero-order valence-corrected chi connectivity index (χ0v) is 19.1. The summed E-state index contributed by atoms with van der Waals surface area (Å²) in [6.45, 7) is 5.47. The van der Waals surface area contributed by atoms with Gasteiger partial charge in [-0.15, -0.1) is 12.3 Å². The second kappa shape index (κ2) is 10.2. The van der Waals surface area contributed by atoms with Gasteiger partial charge in [0, 0.05) is 36.5 Å². The van der Waals surface area contributed by atoms with Gasteiger partial charge in [-0.2, -0.15) is 0 Å². The normalized spacial score (nSPS) is 23.4. The number of imide groups is 1. The van der Waals surface area contributed by atoms with Crippen molar-refractivity contribution < 1.29 is 14.0 Å². The van der Waals surface area contributed by atoms with Crippen LogP contribution in [-0.2, 0) is 4.79 Å². The number of carbonyl (C=O) groups excluding carboxylic acids is 2. The van der Waals surface area contributed by atoms with E-state index in [0.717, 1.165) is 36.2 Å². The van der Waals surface area contributed by atoms with Crippen LogP contribution in [0.5, 0.6) is 0 Å². The number of benzene rings is 1. The summed E-state index contributed by atoms with van der Waals surface area (Å²) in [6.07, 6.45) is 6.93. The van der Waals surface area contributed by atoms with Crippen molar-refractivity contribution >= 4 is 35.0 Å². The summed E-state index contributed by atoms with van der Waals surface area (Å²) in [5.74, 6) is 3.72. The zero-order valence-electron chi connectivity index (χ0n) is 18.2. The maximum absolute atomic E-state index is 12.0. The summed E-state index contributed by atoms with van der Waals surface area (Å²) in [4.78, 5) is 23.4. The quantitative estimate of drug-likeness (QED) is 0.345. The number of hydrogen-bond acceptors (Lipinski definition) is 6. The van der Waals surface area contributed by atoms with Gasteiger partial charge >= 0.3 is 6.03 Å². The minimum atomic E-state index is -0.685. The standard InChI is InChI=1S/C20H26N4O3S.C3H4/c1-13(17-9-15-5-3-4-6-16(15)27-17)12-24(2)28-21-11-14-7-8-20(10-14)18(25)22-19(26)23-20;1-3-2/h3-6,9,13-14,21H,7-8,10-12H2,1-2H3,(H2,22,23,25,26);1H,2H3. The molecule has 1 aromatic heterocycles. The molecule has 3 unspecified atom stereocenters. The fourth-order valence-corrected chi connectivity index (χ4v) is 5.02. The summed E-state index contributed by atoms with van der Waals surface area (Å²) in [6, 6.07) is 9.81. The summed E-state index contributed by atoms with van der Waals surface area (Å²) in [5.41, 5.74) is 0.242. The number of para-hydroxylation sites is 1. The molecule has 2 aromatic rings. The van der Waals surface area contributed by atoms with E-state index in [0.29, 0.717) is 18.8 Å². The molecule has 4 rings (SSSR count). The smallest absolute Gasteiger partial charge is 0.322 e. The summed E-state index contributed by atoms with van der Waals surface area (Å²) in [7, 11) is 2.05. The number of nitrogens with one attached hydrogen (secondary N) is 3. The lowest BCUT2D eigenvalue weighted by atomic mass is 9.96. The van der Waals surface area contributed by atoms with Gasteiger partial charge in [-0.3, -0.25) is 14.8 Å². The van der Waals surface area contributed by atoms with Crippen LogP contribution in [0, 0.1) is 18.3 Å². The molecule has 3 atom stereocenters. The van der Waals surface area contributed by atoms with Crippen LogP contribution in [0.2, 0.25) is 0 Å². The number of amides is 3. The van der Waals surface area contributed by atoms with E-state index in [9.17, 15) is 9.59 Å². The van der Waals surface area contributed by atoms with Gasteiger partial charge in [0.1, 0.15) is 16.9 Å². The molecule has 3 N–H and O–H groups in total. The predicted octanol–water partition coefficient (Wildman–Crippen LogP) is 3.64. The van der Waals surface area contributed by atoms with Gasteiger partial charge in [0.15, 0.2) is 0 Å². The Kier molecular flexibility index (Phi) is 7.65. The molecular weight excluding hydrogens is 412 g/mol. The molecule has 166 valence electrons. The molecule has 2 heterocycles. The number of hydrogen-bond donors (Lipinski definition) is 3. The molecule has 0 bridgehead atoms. The van der Waals surface area contributed by atoms with Crippen LogP contribution in [0.1, 0.15) is 44.8 Å². The topological polar surface area (TPSA) is 86.6 Å². The van der Waals surface area contributed by atoms with Gasteiger partial charge in [-0.05, 0) is 51.3 Å². The monoisotopic (exact) mass is 442 g/mol. The van der Waals surface area contributed by atoms with Gasteiger partial charge in [0.05, 0.1) is 0 Å². The van der Waals surface area contributed by atoms with Crippen LogP contribution in [0.3, 0.4) is 0 Å². The Labute approximate surface area is 188 Å². The van der Waals surface area contributed by atoms with Gasteiger partial charge < -0.3 is 9.73 Å². The van der Waals surface area contributed by atoms with Crippen LogP contribution in [0.4, 0.5) is 4.79 Å². The maximum Gasteiger partial charge on any atom is 0.322 e. The van der Waals surface area contributed by atoms with E-state index in [1.54, 1.807) is 19.1 Å². The third-order valence-corrected chi connectivity index (χ3v) is 6.44. The molecule has 2 aliphatic rings. The predicted molar refractivity (Wildman–Crippen MR) is 124 cm³/mol. The van der Waals surface area contributed by atoms with Crippen LogP contribution < -0.4 is 15.4 Å². The van der Waals surface area contributed by atoms with Crippen molar-refractivity contribution in [2.24, 2.45) is 5.92 Å². The molecule has 3 amide bonds. The molecule has 1 aromatic carbocycles. The second-order valence-electron chi connectivity index (χ2n) is 8.23. The Morgan fingerprint density at radius 3 is 2.84 bits per heavy atom. The van der Waals surface area contributed by atoms with E-state index in [-0.39, 0.29) is 17.9 Å². The van der Waals surface area contributed by atoms with Crippen LogP contribution in [0.15, 0.2) is 34.7 Å². The first-order valence-corrected chi connectivity index (χ1v) is 11.2. The van der Waals surface area contributed by atoms with Crippen molar-refractivity contribution in [3.63, 3.8) is 0 Å². The molecule has 1 saturated carbocycles. The molecular formula is C23H30N4O3S. The van der Waals surface area contributed by atoms with Crippen molar-refractivity contribution in [2.45, 2.75) is 44.6 Å². The number of fused-ring (bicyclic) bond motifs is 1. The van der Waals surface area contributed by atoms with Gasteiger partial charge in [-0.1, -0.05) is 25.1 Å². The molecule has 0 radical (unpaired) electrons. The molecule has 8 heteroatoms. The van der Waals surface area contributed by atoms with E-state index < -0.39 is 5.54 Å². The third kappa shape index (κ3) is 5.62. The van der Waals surface area contributed by atoms with E-state index in [2.05, 4.69) is 58.1 Å². The van der Waals surface area contributed by atoms with E-state index in [4.69, 9.17) is 4.42 Å². The molecule has 1 aliphatic carbocycles. The lowest BCUT2D eigenvalue weighted by molar-refractivity contribution is -0.123. The van der Waals surface area contributed by atoms with Crippen LogP contribution >= 0.6 is 12.1 Å². The van der Waals surface area contributed by atoms with Gasteiger partial charge in [-0.25, -0.2) is 9.10 Å². The van der Waals surface area contributed by atoms with Gasteiger partial charge in [0.25, 0.3) is 5.91 Å². The highest BCUT2D eigenvalue weighted by Crippen LogP contribution is 2.36. The zero-order chi connectivity index (χ0) is 22.4. The van der Waals surface area contributed by atoms with E-state index in [1.807, 2.05) is 18.2 Å². The highest BCUT2D eigenvalue weighted by Gasteiger charge is 2.50. The largest absolute Gasteiger partial charge is 0.461 e. The minimum Gasteiger partial charge on any atom is -0.461 e. The number of carbonyl (C=O) groups is 2. The number of terminal acetylenes is 1. The lowest BCUT2D eigenvalue weighted by Gasteiger charge is -2.21. The first kappa shape index (κ1) is 23.2. The third-order valence-electron chi connectivity index (χ3n) is 5.68. The number of furan rings is 1. The molecule has 1 aliphatic heterocycles. The molecule has 1 saturated heterocycles. The number of nitrogens with zero attached hydrogens (tertiary/aromatic N) is 1. The SMILES string of the molecule is C#CC.CC(CN(C)SNCC1CCC2(C1)NC(=O)NC2=O)c1cc2ccccc2o1. The highest BCUT2D eigenvalue weighted by molar-refractivity contribution is 7.95. The second-order valence-corrected chi connectivity index (χ2v) is 9.32. The number of likely N-dealkylation sites (N-methyl/N-ethyl adjacent to an activating group) is 1. The molecule has 31 heavy (non-hydrogen) atoms. The Morgan fingerprint density at radius 2 is 2.16 bits per heavy atom. The van der Waals surface area contributed by atoms with Crippen LogP contribution in [0.25, 0.3) is 11.0 Å². The van der Waals surface area contributed by atoms with E-state index in [1.165, 1.54) is 0 Å². The Bertz CT molecular complexity index is 936. The minimum absolute atomic E-state index is 0.176. The van der Waals surface area contributed by atoms with Crippen molar-refractivity contribution in [3.8, 4) is 12.3 Å². The van der Waals surface area contributed by atoms with Crippen molar-refractivity contribution in [3.05, 3.63) is 36.1 Å². The average Bonchev–Trinajstić information content (AvgIpc) is 3.40. The lowest BCUT2D eigenvalue weighted by Crippen LogP contribution is -2.44. The fourth-order valence-electron chi connectivity index (χ4n) is 4.19. The van der Waals surface area contributed by atoms with Crippen LogP contribution in [-0.4, -0.2) is 41.9 Å².